The summed E-state index contributed by atoms with van der Waals surface area (Å²) in [6.07, 6.45) is 1.46. The van der Waals surface area contributed by atoms with Crippen LogP contribution in [0.4, 0.5) is 8.78 Å². The molecule has 2 rings (SSSR count). The van der Waals surface area contributed by atoms with Crippen molar-refractivity contribution in [2.75, 3.05) is 6.61 Å². The van der Waals surface area contributed by atoms with Crippen LogP contribution in [0, 0.1) is 11.6 Å². The van der Waals surface area contributed by atoms with Gasteiger partial charge in [-0.2, -0.15) is 4.39 Å². The molecule has 2 aromatic rings. The van der Waals surface area contributed by atoms with Gasteiger partial charge in [-0.1, -0.05) is 24.8 Å². The molecular weight excluding hydrogens is 290 g/mol. The Bertz CT molecular complexity index is 569. The van der Waals surface area contributed by atoms with Gasteiger partial charge in [0.05, 0.1) is 5.38 Å². The highest BCUT2D eigenvalue weighted by Crippen LogP contribution is 2.39. The monoisotopic (exact) mass is 300 g/mol. The molecule has 100 valence electrons. The van der Waals surface area contributed by atoms with E-state index in [1.165, 1.54) is 23.5 Å². The normalized spacial score (nSPS) is 12.2. The lowest BCUT2D eigenvalue weighted by Gasteiger charge is -2.15. The summed E-state index contributed by atoms with van der Waals surface area (Å²) in [5.74, 6) is -2.15. The first-order valence-corrected chi connectivity index (χ1v) is 6.85. The second kappa shape index (κ2) is 6.17. The summed E-state index contributed by atoms with van der Waals surface area (Å²) < 4.78 is 32.3. The average molecular weight is 301 g/mol. The number of hydrogen-bond acceptors (Lipinski definition) is 2. The summed E-state index contributed by atoms with van der Waals surface area (Å²) in [5.41, 5.74) is 0.407. The second-order valence-electron chi connectivity index (χ2n) is 3.76. The van der Waals surface area contributed by atoms with Crippen molar-refractivity contribution < 1.29 is 13.5 Å². The number of alkyl halides is 1. The molecule has 0 radical (unpaired) electrons. The maximum absolute atomic E-state index is 13.8. The van der Waals surface area contributed by atoms with Crippen LogP contribution in [0.1, 0.15) is 15.8 Å². The van der Waals surface area contributed by atoms with Gasteiger partial charge in [-0.15, -0.1) is 22.9 Å². The van der Waals surface area contributed by atoms with E-state index in [-0.39, 0.29) is 12.4 Å². The van der Waals surface area contributed by atoms with Crippen LogP contribution in [0.15, 0.2) is 42.3 Å². The van der Waals surface area contributed by atoms with Crippen molar-refractivity contribution in [2.45, 2.75) is 5.38 Å². The van der Waals surface area contributed by atoms with Crippen molar-refractivity contribution >= 4 is 22.9 Å². The molecule has 0 fully saturated rings. The molecule has 1 aromatic heterocycles. The first kappa shape index (κ1) is 14.0. The molecule has 1 aromatic carbocycles. The van der Waals surface area contributed by atoms with E-state index in [4.69, 9.17) is 16.3 Å². The van der Waals surface area contributed by atoms with Gasteiger partial charge in [0.25, 0.3) is 0 Å². The molecule has 0 spiro atoms. The third-order valence-corrected chi connectivity index (χ3v) is 4.03. The van der Waals surface area contributed by atoms with Crippen LogP contribution in [0.3, 0.4) is 0 Å². The van der Waals surface area contributed by atoms with E-state index >= 15 is 0 Å². The summed E-state index contributed by atoms with van der Waals surface area (Å²) in [5, 5.41) is 1.30. The lowest BCUT2D eigenvalue weighted by molar-refractivity contribution is 0.329. The zero-order valence-corrected chi connectivity index (χ0v) is 11.5. The van der Waals surface area contributed by atoms with E-state index in [2.05, 4.69) is 6.58 Å². The van der Waals surface area contributed by atoms with Crippen molar-refractivity contribution in [2.24, 2.45) is 0 Å². The van der Waals surface area contributed by atoms with Gasteiger partial charge in [-0.3, -0.25) is 0 Å². The third-order valence-electron chi connectivity index (χ3n) is 2.49. The molecule has 1 atom stereocenters. The minimum Gasteiger partial charge on any atom is -0.486 e. The van der Waals surface area contributed by atoms with Gasteiger partial charge in [0.15, 0.2) is 11.6 Å². The van der Waals surface area contributed by atoms with Gasteiger partial charge in [0, 0.05) is 10.4 Å². The summed E-state index contributed by atoms with van der Waals surface area (Å²) in [7, 11) is 0. The molecule has 1 nitrogen and oxygen atoms in total. The zero-order chi connectivity index (χ0) is 13.8. The molecule has 0 saturated carbocycles. The highest BCUT2D eigenvalue weighted by Gasteiger charge is 2.22. The van der Waals surface area contributed by atoms with Gasteiger partial charge < -0.3 is 4.74 Å². The lowest BCUT2D eigenvalue weighted by Crippen LogP contribution is -2.04. The molecule has 0 aliphatic rings. The molecule has 0 N–H and O–H groups in total. The number of benzene rings is 1. The zero-order valence-electron chi connectivity index (χ0n) is 9.91. The van der Waals surface area contributed by atoms with Crippen molar-refractivity contribution in [3.63, 3.8) is 0 Å². The largest absolute Gasteiger partial charge is 0.486 e. The van der Waals surface area contributed by atoms with Crippen LogP contribution in [0.25, 0.3) is 0 Å². The fourth-order valence-electron chi connectivity index (χ4n) is 1.62. The predicted molar refractivity (Wildman–Crippen MR) is 74.1 cm³/mol. The maximum atomic E-state index is 13.8. The Kier molecular flexibility index (Phi) is 4.56. The van der Waals surface area contributed by atoms with Crippen LogP contribution in [-0.4, -0.2) is 6.61 Å². The van der Waals surface area contributed by atoms with Crippen molar-refractivity contribution in [1.82, 2.24) is 0 Å². The fourth-order valence-corrected chi connectivity index (χ4v) is 2.74. The van der Waals surface area contributed by atoms with Crippen molar-refractivity contribution in [3.05, 3.63) is 64.4 Å². The van der Waals surface area contributed by atoms with Crippen LogP contribution in [0.2, 0.25) is 0 Å². The van der Waals surface area contributed by atoms with E-state index in [1.54, 1.807) is 0 Å². The Morgan fingerprint density at radius 2 is 2.16 bits per heavy atom. The number of thiophene rings is 1. The molecule has 0 saturated heterocycles. The Balaban J connectivity index is 2.44. The lowest BCUT2D eigenvalue weighted by atomic mass is 10.1. The second-order valence-corrected chi connectivity index (χ2v) is 5.17. The number of rotatable bonds is 5. The number of ether oxygens (including phenoxy) is 1. The highest BCUT2D eigenvalue weighted by atomic mass is 35.5. The first-order valence-electron chi connectivity index (χ1n) is 5.54. The fraction of sp³-hybridized carbons (Fsp3) is 0.143. The van der Waals surface area contributed by atoms with Gasteiger partial charge in [0.2, 0.25) is 5.82 Å². The molecular formula is C14H11ClF2OS. The van der Waals surface area contributed by atoms with Gasteiger partial charge >= 0.3 is 0 Å². The molecule has 0 bridgehead atoms. The maximum Gasteiger partial charge on any atom is 0.200 e. The van der Waals surface area contributed by atoms with Crippen LogP contribution in [0.5, 0.6) is 5.75 Å². The van der Waals surface area contributed by atoms with Crippen LogP contribution < -0.4 is 4.74 Å². The third kappa shape index (κ3) is 2.96. The minimum absolute atomic E-state index is 0.0847. The van der Waals surface area contributed by atoms with Gasteiger partial charge in [-0.05, 0) is 17.5 Å². The molecule has 5 heteroatoms. The summed E-state index contributed by atoms with van der Waals surface area (Å²) in [6, 6.07) is 6.17. The summed E-state index contributed by atoms with van der Waals surface area (Å²) in [4.78, 5) is 0.844. The summed E-state index contributed by atoms with van der Waals surface area (Å²) in [6.45, 7) is 3.56. The molecule has 1 heterocycles. The Morgan fingerprint density at radius 1 is 1.37 bits per heavy atom. The molecule has 1 unspecified atom stereocenters. The SMILES string of the molecule is C=CCOc1c(C(Cl)c2cccs2)ccc(F)c1F. The molecule has 0 aliphatic carbocycles. The quantitative estimate of drug-likeness (QED) is 0.562. The topological polar surface area (TPSA) is 9.23 Å². The smallest absolute Gasteiger partial charge is 0.200 e. The Hall–Kier alpha value is -1.39. The molecule has 0 amide bonds. The average Bonchev–Trinajstić information content (AvgIpc) is 2.93. The molecule has 0 aliphatic heterocycles. The van der Waals surface area contributed by atoms with E-state index in [0.717, 1.165) is 10.9 Å². The number of hydrogen-bond donors (Lipinski definition) is 0. The van der Waals surface area contributed by atoms with E-state index in [9.17, 15) is 8.78 Å². The van der Waals surface area contributed by atoms with Crippen LogP contribution >= 0.6 is 22.9 Å². The standard InChI is InChI=1S/C14H11ClF2OS/c1-2-7-18-14-9(5-6-10(16)13(14)17)12(15)11-4-3-8-19-11/h2-6,8,12H,1,7H2. The first-order chi connectivity index (χ1) is 9.15. The predicted octanol–water partition coefficient (Wildman–Crippen LogP) is 4.92. The van der Waals surface area contributed by atoms with Gasteiger partial charge in [0.1, 0.15) is 6.61 Å². The van der Waals surface area contributed by atoms with Crippen LogP contribution in [-0.2, 0) is 0 Å². The molecule has 19 heavy (non-hydrogen) atoms. The Labute approximate surface area is 119 Å². The van der Waals surface area contributed by atoms with Gasteiger partial charge in [-0.25, -0.2) is 4.39 Å². The van der Waals surface area contributed by atoms with Crippen molar-refractivity contribution in [1.29, 1.82) is 0 Å². The number of halogens is 3. The van der Waals surface area contributed by atoms with E-state index in [0.29, 0.717) is 5.56 Å². The highest BCUT2D eigenvalue weighted by molar-refractivity contribution is 7.10. The van der Waals surface area contributed by atoms with Crippen molar-refractivity contribution in [3.8, 4) is 5.75 Å². The summed E-state index contributed by atoms with van der Waals surface area (Å²) >= 11 is 7.74. The van der Waals surface area contributed by atoms with E-state index in [1.807, 2.05) is 17.5 Å². The Morgan fingerprint density at radius 3 is 2.79 bits per heavy atom. The van der Waals surface area contributed by atoms with E-state index < -0.39 is 17.0 Å². The minimum atomic E-state index is -1.03.